The van der Waals surface area contributed by atoms with E-state index in [0.717, 1.165) is 77.0 Å². The number of aliphatic carboxylic acids is 1. The minimum Gasteiger partial charge on any atom is -0.477 e. The van der Waals surface area contributed by atoms with Crippen LogP contribution in [0.5, 0.6) is 0 Å². The maximum absolute atomic E-state index is 12.7. The number of esters is 2. The lowest BCUT2D eigenvalue weighted by atomic mass is 10.1. The molecular weight excluding hydrogens is 703 g/mol. The van der Waals surface area contributed by atoms with Gasteiger partial charge in [0.2, 0.25) is 0 Å². The zero-order chi connectivity index (χ0) is 41.4. The van der Waals surface area contributed by atoms with E-state index in [9.17, 15) is 19.5 Å². The summed E-state index contributed by atoms with van der Waals surface area (Å²) in [6, 6.07) is -0.618. The van der Waals surface area contributed by atoms with Crippen LogP contribution in [0, 0.1) is 0 Å². The molecule has 0 amide bonds. The molecule has 0 aliphatic rings. The van der Waals surface area contributed by atoms with Gasteiger partial charge in [-0.25, -0.2) is 4.79 Å². The number of unbranched alkanes of at least 4 members (excludes halogenated alkanes) is 21. The van der Waals surface area contributed by atoms with E-state index in [4.69, 9.17) is 14.2 Å². The maximum Gasteiger partial charge on any atom is 0.362 e. The van der Waals surface area contributed by atoms with Gasteiger partial charge in [-0.15, -0.1) is 0 Å². The van der Waals surface area contributed by atoms with Crippen LogP contribution in [0.1, 0.15) is 200 Å². The third kappa shape index (κ3) is 37.1. The molecule has 0 bridgehead atoms. The van der Waals surface area contributed by atoms with Gasteiger partial charge in [-0.3, -0.25) is 9.59 Å². The fourth-order valence-corrected chi connectivity index (χ4v) is 6.65. The monoisotopic (exact) mass is 791 g/mol. The maximum atomic E-state index is 12.7. The van der Waals surface area contributed by atoms with Gasteiger partial charge >= 0.3 is 17.9 Å². The Morgan fingerprint density at radius 1 is 0.536 bits per heavy atom. The minimum atomic E-state index is -0.878. The van der Waals surface area contributed by atoms with Crippen LogP contribution in [-0.2, 0) is 28.6 Å². The molecule has 2 unspecified atom stereocenters. The van der Waals surface area contributed by atoms with Crippen molar-refractivity contribution in [3.8, 4) is 0 Å². The first kappa shape index (κ1) is 53.6. The topological polar surface area (TPSA) is 99.1 Å². The minimum absolute atomic E-state index is 0.0538. The third-order valence-corrected chi connectivity index (χ3v) is 10.3. The summed E-state index contributed by atoms with van der Waals surface area (Å²) < 4.78 is 17.3. The van der Waals surface area contributed by atoms with Gasteiger partial charge in [0.1, 0.15) is 6.61 Å². The summed E-state index contributed by atoms with van der Waals surface area (Å²) in [5.41, 5.74) is 0. The summed E-state index contributed by atoms with van der Waals surface area (Å²) in [7, 11) is 5.52. The molecule has 0 aromatic heterocycles. The van der Waals surface area contributed by atoms with E-state index in [-0.39, 0.29) is 36.2 Å². The smallest absolute Gasteiger partial charge is 0.362 e. The van der Waals surface area contributed by atoms with Gasteiger partial charge < -0.3 is 23.8 Å². The number of hydrogen-bond acceptors (Lipinski definition) is 6. The van der Waals surface area contributed by atoms with Crippen molar-refractivity contribution in [2.45, 2.75) is 212 Å². The summed E-state index contributed by atoms with van der Waals surface area (Å²) in [6.07, 6.45) is 44.7. The SMILES string of the molecule is CCCCCC/C=C\C/C=C\CCCCCCCC(=O)OC(COCCC(C(=O)O)[N+](C)(C)C)COC(=O)CCCCCCC/C=C\CCCCCCCCC. The van der Waals surface area contributed by atoms with Crippen molar-refractivity contribution in [2.75, 3.05) is 41.0 Å². The van der Waals surface area contributed by atoms with Crippen molar-refractivity contribution >= 4 is 17.9 Å². The molecule has 0 fully saturated rings. The molecule has 0 radical (unpaired) electrons. The van der Waals surface area contributed by atoms with Gasteiger partial charge in [-0.1, -0.05) is 147 Å². The molecule has 0 aliphatic carbocycles. The van der Waals surface area contributed by atoms with Crippen molar-refractivity contribution in [3.05, 3.63) is 36.5 Å². The van der Waals surface area contributed by atoms with Crippen LogP contribution in [-0.4, -0.2) is 80.6 Å². The highest BCUT2D eigenvalue weighted by Gasteiger charge is 2.31. The average molecular weight is 791 g/mol. The Morgan fingerprint density at radius 2 is 0.946 bits per heavy atom. The highest BCUT2D eigenvalue weighted by atomic mass is 16.6. The second-order valence-electron chi connectivity index (χ2n) is 16.7. The Morgan fingerprint density at radius 3 is 1.41 bits per heavy atom. The fourth-order valence-electron chi connectivity index (χ4n) is 6.65. The zero-order valence-corrected chi connectivity index (χ0v) is 37.1. The van der Waals surface area contributed by atoms with Gasteiger partial charge in [0, 0.05) is 19.3 Å². The number of carbonyl (C=O) groups excluding carboxylic acids is 2. The van der Waals surface area contributed by atoms with Gasteiger partial charge in [0.05, 0.1) is 34.4 Å². The van der Waals surface area contributed by atoms with E-state index >= 15 is 0 Å². The van der Waals surface area contributed by atoms with Crippen LogP contribution in [0.15, 0.2) is 36.5 Å². The molecule has 0 spiro atoms. The van der Waals surface area contributed by atoms with Crippen LogP contribution in [0.3, 0.4) is 0 Å². The van der Waals surface area contributed by atoms with E-state index in [0.29, 0.717) is 19.3 Å². The van der Waals surface area contributed by atoms with Crippen LogP contribution < -0.4 is 0 Å². The summed E-state index contributed by atoms with van der Waals surface area (Å²) in [5.74, 6) is -1.49. The number of likely N-dealkylation sites (N-methyl/N-ethyl adjacent to an activating group) is 1. The second kappa shape index (κ2) is 39.4. The molecule has 0 saturated carbocycles. The Balaban J connectivity index is 4.36. The first-order valence-corrected chi connectivity index (χ1v) is 23.0. The number of ether oxygens (including phenoxy) is 3. The molecule has 0 heterocycles. The molecule has 0 aromatic carbocycles. The molecule has 326 valence electrons. The van der Waals surface area contributed by atoms with Gasteiger partial charge in [-0.2, -0.15) is 0 Å². The molecule has 2 atom stereocenters. The first-order chi connectivity index (χ1) is 27.1. The Hall–Kier alpha value is -2.45. The van der Waals surface area contributed by atoms with Crippen LogP contribution >= 0.6 is 0 Å². The molecule has 8 nitrogen and oxygen atoms in total. The van der Waals surface area contributed by atoms with Crippen LogP contribution in [0.2, 0.25) is 0 Å². The predicted octanol–water partition coefficient (Wildman–Crippen LogP) is 12.6. The summed E-state index contributed by atoms with van der Waals surface area (Å²) in [4.78, 5) is 37.0. The number of carbonyl (C=O) groups is 3. The molecule has 0 aromatic rings. The van der Waals surface area contributed by atoms with Crippen molar-refractivity contribution in [1.29, 1.82) is 0 Å². The Labute approximate surface area is 344 Å². The number of nitrogens with zero attached hydrogens (tertiary/aromatic N) is 1. The van der Waals surface area contributed by atoms with Crippen molar-refractivity contribution in [1.82, 2.24) is 0 Å². The quantitative estimate of drug-likeness (QED) is 0.0285. The molecule has 0 aliphatic heterocycles. The number of rotatable bonds is 41. The van der Waals surface area contributed by atoms with Gasteiger partial charge in [-0.05, 0) is 70.6 Å². The fraction of sp³-hybridized carbons (Fsp3) is 0.812. The van der Waals surface area contributed by atoms with E-state index in [1.54, 1.807) is 0 Å². The highest BCUT2D eigenvalue weighted by molar-refractivity contribution is 5.72. The first-order valence-electron chi connectivity index (χ1n) is 23.0. The van der Waals surface area contributed by atoms with Crippen molar-refractivity contribution in [3.63, 3.8) is 0 Å². The predicted molar refractivity (Wildman–Crippen MR) is 234 cm³/mol. The molecule has 1 N–H and O–H groups in total. The lowest BCUT2D eigenvalue weighted by molar-refractivity contribution is -0.887. The number of allylic oxidation sites excluding steroid dienone is 6. The largest absolute Gasteiger partial charge is 0.477 e. The average Bonchev–Trinajstić information content (AvgIpc) is 3.15. The number of carboxylic acid groups (broad SMARTS) is 1. The van der Waals surface area contributed by atoms with E-state index in [1.165, 1.54) is 89.9 Å². The van der Waals surface area contributed by atoms with E-state index < -0.39 is 18.1 Å². The molecule has 8 heteroatoms. The molecule has 56 heavy (non-hydrogen) atoms. The van der Waals surface area contributed by atoms with E-state index in [2.05, 4.69) is 50.3 Å². The normalized spacial score (nSPS) is 13.2. The molecule has 0 saturated heterocycles. The van der Waals surface area contributed by atoms with Crippen molar-refractivity contribution in [2.24, 2.45) is 0 Å². The molecule has 0 rings (SSSR count). The van der Waals surface area contributed by atoms with Crippen LogP contribution in [0.25, 0.3) is 0 Å². The third-order valence-electron chi connectivity index (χ3n) is 10.3. The standard InChI is InChI=1S/C48H87NO7/c1-6-8-10-12-14-16-18-20-22-24-26-28-30-32-34-36-38-46(50)55-43-44(42-54-41-40-45(48(52)53)49(3,4)5)56-47(51)39-37-35-33-31-29-27-25-23-21-19-17-15-13-11-9-7-2/h17,19,22-25,44-45H,6-16,18,20-21,26-43H2,1-5H3/p+1/b19-17-,24-22-,25-23-. The number of quaternary nitrogens is 1. The Bertz CT molecular complexity index is 1020. The number of carboxylic acids is 1. The van der Waals surface area contributed by atoms with Gasteiger partial charge in [0.15, 0.2) is 12.1 Å². The Kier molecular flexibility index (Phi) is 37.7. The molecular formula is C48H88NO7+. The second-order valence-corrected chi connectivity index (χ2v) is 16.7. The summed E-state index contributed by atoms with van der Waals surface area (Å²) in [6.45, 7) is 4.70. The zero-order valence-electron chi connectivity index (χ0n) is 37.1. The lowest BCUT2D eigenvalue weighted by Crippen LogP contribution is -2.50. The lowest BCUT2D eigenvalue weighted by Gasteiger charge is -2.31. The summed E-state index contributed by atoms with van der Waals surface area (Å²) in [5, 5.41) is 9.62. The highest BCUT2D eigenvalue weighted by Crippen LogP contribution is 2.14. The summed E-state index contributed by atoms with van der Waals surface area (Å²) >= 11 is 0. The van der Waals surface area contributed by atoms with Crippen LogP contribution in [0.4, 0.5) is 0 Å². The van der Waals surface area contributed by atoms with Gasteiger partial charge in [0.25, 0.3) is 0 Å². The van der Waals surface area contributed by atoms with E-state index in [1.807, 2.05) is 21.1 Å². The number of hydrogen-bond donors (Lipinski definition) is 1. The van der Waals surface area contributed by atoms with Crippen molar-refractivity contribution < 1.29 is 38.2 Å².